The maximum atomic E-state index is 12.7. The van der Waals surface area contributed by atoms with Crippen molar-refractivity contribution in [3.63, 3.8) is 0 Å². The molecule has 0 fully saturated rings. The number of aryl methyl sites for hydroxylation is 1. The summed E-state index contributed by atoms with van der Waals surface area (Å²) in [5, 5.41) is 8.19. The zero-order valence-electron chi connectivity index (χ0n) is 14.5. The van der Waals surface area contributed by atoms with Crippen LogP contribution in [0.2, 0.25) is 0 Å². The second-order valence-corrected chi connectivity index (χ2v) is 6.79. The largest absolute Gasteiger partial charge is 0.451 e. The number of para-hydroxylation sites is 1. The van der Waals surface area contributed by atoms with Crippen molar-refractivity contribution in [1.29, 1.82) is 0 Å². The molecule has 0 radical (unpaired) electrons. The van der Waals surface area contributed by atoms with E-state index in [0.717, 1.165) is 16.6 Å². The number of fused-ring (bicyclic) bond motifs is 1. The minimum absolute atomic E-state index is 0.241. The number of hydrogen-bond donors (Lipinski definition) is 1. The highest BCUT2D eigenvalue weighted by Crippen LogP contribution is 2.31. The highest BCUT2D eigenvalue weighted by Gasteiger charge is 2.21. The van der Waals surface area contributed by atoms with Gasteiger partial charge in [0.1, 0.15) is 5.58 Å². The van der Waals surface area contributed by atoms with Crippen LogP contribution in [-0.4, -0.2) is 21.0 Å². The molecule has 0 unspecified atom stereocenters. The summed E-state index contributed by atoms with van der Waals surface area (Å²) in [4.78, 5) is 21.1. The smallest absolute Gasteiger partial charge is 0.287 e. The van der Waals surface area contributed by atoms with Crippen molar-refractivity contribution >= 4 is 28.6 Å². The summed E-state index contributed by atoms with van der Waals surface area (Å²) in [7, 11) is 0. The Bertz CT molecular complexity index is 1070. The first-order chi connectivity index (χ1) is 13.2. The maximum Gasteiger partial charge on any atom is 0.287 e. The summed E-state index contributed by atoms with van der Waals surface area (Å²) in [6.45, 7) is 2.07. The van der Waals surface area contributed by atoms with Crippen LogP contribution in [0.5, 0.6) is 0 Å². The number of nitrogens with zero attached hydrogens (tertiary/aromatic N) is 3. The molecule has 1 amide bonds. The van der Waals surface area contributed by atoms with Crippen molar-refractivity contribution in [2.75, 3.05) is 0 Å². The Balaban J connectivity index is 1.58. The summed E-state index contributed by atoms with van der Waals surface area (Å²) in [5.41, 5.74) is 2.25. The Kier molecular flexibility index (Phi) is 4.88. The van der Waals surface area contributed by atoms with E-state index in [4.69, 9.17) is 8.94 Å². The van der Waals surface area contributed by atoms with Crippen LogP contribution >= 0.6 is 11.8 Å². The molecule has 0 spiro atoms. The lowest BCUT2D eigenvalue weighted by Crippen LogP contribution is -2.23. The van der Waals surface area contributed by atoms with Crippen LogP contribution < -0.4 is 5.32 Å². The zero-order valence-corrected chi connectivity index (χ0v) is 15.3. The standard InChI is InChI=1S/C19H16N4O3S/c1-12-9-13(26-23-12)10-22-18(24)17-15(11-27-19-20-7-4-8-21-19)14-5-2-3-6-16(14)25-17/h2-9H,10-11H2,1H3,(H,22,24). The monoisotopic (exact) mass is 380 g/mol. The van der Waals surface area contributed by atoms with Crippen LogP contribution in [0.15, 0.2) is 62.9 Å². The normalized spacial score (nSPS) is 11.0. The molecule has 0 saturated carbocycles. The number of nitrogens with one attached hydrogen (secondary N) is 1. The molecule has 0 saturated heterocycles. The van der Waals surface area contributed by atoms with E-state index in [1.807, 2.05) is 31.2 Å². The molecule has 3 heterocycles. The van der Waals surface area contributed by atoms with E-state index in [9.17, 15) is 4.79 Å². The molecular formula is C19H16N4O3S. The van der Waals surface area contributed by atoms with Crippen molar-refractivity contribution < 1.29 is 13.7 Å². The second kappa shape index (κ2) is 7.63. The van der Waals surface area contributed by atoms with E-state index in [1.54, 1.807) is 24.5 Å². The molecule has 0 atom stereocenters. The van der Waals surface area contributed by atoms with Crippen LogP contribution in [0, 0.1) is 6.92 Å². The van der Waals surface area contributed by atoms with Gasteiger partial charge in [-0.1, -0.05) is 35.1 Å². The van der Waals surface area contributed by atoms with Crippen LogP contribution in [0.4, 0.5) is 0 Å². The fourth-order valence-corrected chi connectivity index (χ4v) is 3.50. The van der Waals surface area contributed by atoms with Gasteiger partial charge in [-0.05, 0) is 19.1 Å². The van der Waals surface area contributed by atoms with Gasteiger partial charge in [-0.15, -0.1) is 0 Å². The van der Waals surface area contributed by atoms with Crippen LogP contribution in [0.25, 0.3) is 11.0 Å². The van der Waals surface area contributed by atoms with E-state index >= 15 is 0 Å². The minimum Gasteiger partial charge on any atom is -0.451 e. The topological polar surface area (TPSA) is 94.1 Å². The molecule has 4 aromatic rings. The molecule has 1 aromatic carbocycles. The number of benzene rings is 1. The zero-order chi connectivity index (χ0) is 18.6. The molecule has 0 aliphatic carbocycles. The Labute approximate surface area is 159 Å². The van der Waals surface area contributed by atoms with Gasteiger partial charge in [0.25, 0.3) is 5.91 Å². The summed E-state index contributed by atoms with van der Waals surface area (Å²) in [5.74, 6) is 1.09. The van der Waals surface area contributed by atoms with Gasteiger partial charge in [0, 0.05) is 35.2 Å². The Morgan fingerprint density at radius 1 is 1.19 bits per heavy atom. The van der Waals surface area contributed by atoms with E-state index in [-0.39, 0.29) is 18.2 Å². The van der Waals surface area contributed by atoms with Crippen molar-refractivity contribution in [2.24, 2.45) is 0 Å². The fraction of sp³-hybridized carbons (Fsp3) is 0.158. The average molecular weight is 380 g/mol. The minimum atomic E-state index is -0.301. The predicted molar refractivity (Wildman–Crippen MR) is 100 cm³/mol. The quantitative estimate of drug-likeness (QED) is 0.402. The van der Waals surface area contributed by atoms with Crippen LogP contribution in [-0.2, 0) is 12.3 Å². The summed E-state index contributed by atoms with van der Waals surface area (Å²) >= 11 is 1.45. The van der Waals surface area contributed by atoms with Gasteiger partial charge in [0.05, 0.1) is 12.2 Å². The number of furan rings is 1. The third-order valence-electron chi connectivity index (χ3n) is 3.89. The Morgan fingerprint density at radius 2 is 2.00 bits per heavy atom. The number of carbonyl (C=O) groups excluding carboxylic acids is 1. The summed E-state index contributed by atoms with van der Waals surface area (Å²) in [6.07, 6.45) is 3.38. The van der Waals surface area contributed by atoms with Crippen molar-refractivity contribution in [2.45, 2.75) is 24.4 Å². The highest BCUT2D eigenvalue weighted by molar-refractivity contribution is 7.98. The number of thioether (sulfide) groups is 1. The molecule has 136 valence electrons. The second-order valence-electron chi connectivity index (χ2n) is 5.84. The predicted octanol–water partition coefficient (Wildman–Crippen LogP) is 3.74. The van der Waals surface area contributed by atoms with Gasteiger partial charge in [0.2, 0.25) is 0 Å². The van der Waals surface area contributed by atoms with Gasteiger partial charge in [-0.3, -0.25) is 4.79 Å². The lowest BCUT2D eigenvalue weighted by Gasteiger charge is -2.04. The van der Waals surface area contributed by atoms with Gasteiger partial charge >= 0.3 is 0 Å². The summed E-state index contributed by atoms with van der Waals surface area (Å²) < 4.78 is 11.0. The molecule has 8 heteroatoms. The van der Waals surface area contributed by atoms with Crippen molar-refractivity contribution in [3.05, 3.63) is 71.6 Å². The fourth-order valence-electron chi connectivity index (χ4n) is 2.67. The van der Waals surface area contributed by atoms with E-state index in [1.165, 1.54) is 11.8 Å². The molecule has 0 aliphatic heterocycles. The molecule has 7 nitrogen and oxygen atoms in total. The number of rotatable bonds is 6. The lowest BCUT2D eigenvalue weighted by molar-refractivity contribution is 0.0920. The van der Waals surface area contributed by atoms with Crippen LogP contribution in [0.1, 0.15) is 27.6 Å². The van der Waals surface area contributed by atoms with Crippen LogP contribution in [0.3, 0.4) is 0 Å². The Hall–Kier alpha value is -3.13. The first-order valence-corrected chi connectivity index (χ1v) is 9.30. The molecule has 0 aliphatic rings. The Morgan fingerprint density at radius 3 is 2.78 bits per heavy atom. The average Bonchev–Trinajstić information content (AvgIpc) is 3.28. The first-order valence-electron chi connectivity index (χ1n) is 8.31. The molecule has 4 rings (SSSR count). The number of carbonyl (C=O) groups is 1. The molecule has 3 aromatic heterocycles. The van der Waals surface area contributed by atoms with Crippen molar-refractivity contribution in [1.82, 2.24) is 20.4 Å². The highest BCUT2D eigenvalue weighted by atomic mass is 32.2. The third-order valence-corrected chi connectivity index (χ3v) is 4.79. The molecule has 27 heavy (non-hydrogen) atoms. The van der Waals surface area contributed by atoms with Crippen molar-refractivity contribution in [3.8, 4) is 0 Å². The summed E-state index contributed by atoms with van der Waals surface area (Å²) in [6, 6.07) is 11.1. The third kappa shape index (κ3) is 3.85. The van der Waals surface area contributed by atoms with Gasteiger partial charge in [-0.25, -0.2) is 9.97 Å². The molecule has 1 N–H and O–H groups in total. The van der Waals surface area contributed by atoms with Gasteiger partial charge in [0.15, 0.2) is 16.7 Å². The van der Waals surface area contributed by atoms with E-state index < -0.39 is 0 Å². The molecule has 0 bridgehead atoms. The maximum absolute atomic E-state index is 12.7. The number of amides is 1. The first kappa shape index (κ1) is 17.3. The molecular weight excluding hydrogens is 364 g/mol. The van der Waals surface area contributed by atoms with Gasteiger partial charge in [-0.2, -0.15) is 0 Å². The number of aromatic nitrogens is 3. The van der Waals surface area contributed by atoms with Gasteiger partial charge < -0.3 is 14.3 Å². The SMILES string of the molecule is Cc1cc(CNC(=O)c2oc3ccccc3c2CSc2ncccn2)on1. The van der Waals surface area contributed by atoms with E-state index in [0.29, 0.717) is 22.3 Å². The van der Waals surface area contributed by atoms with E-state index in [2.05, 4.69) is 20.4 Å². The lowest BCUT2D eigenvalue weighted by atomic mass is 10.1. The number of hydrogen-bond acceptors (Lipinski definition) is 7.